The highest BCUT2D eigenvalue weighted by Gasteiger charge is 2.45. The number of carbonyl (C=O) groups excluding carboxylic acids is 3. The van der Waals surface area contributed by atoms with Crippen molar-refractivity contribution < 1.29 is 44.3 Å². The first-order valence-corrected chi connectivity index (χ1v) is 22.8. The van der Waals surface area contributed by atoms with Gasteiger partial charge in [-0.05, 0) is 84.1 Å². The average Bonchev–Trinajstić information content (AvgIpc) is 3.79. The Morgan fingerprint density at radius 3 is 2.23 bits per heavy atom. The number of aromatic hydroxyl groups is 2. The average molecular weight is 887 g/mol. The Labute approximate surface area is 380 Å². The molecular formula is C51H74N4O9. The van der Waals surface area contributed by atoms with E-state index in [0.29, 0.717) is 42.7 Å². The molecule has 0 saturated carbocycles. The molecule has 0 aromatic heterocycles. The third-order valence-electron chi connectivity index (χ3n) is 13.1. The molecule has 6 rings (SSSR count). The number of esters is 1. The predicted molar refractivity (Wildman–Crippen MR) is 253 cm³/mol. The zero-order valence-corrected chi connectivity index (χ0v) is 40.2. The van der Waals surface area contributed by atoms with Gasteiger partial charge in [0.25, 0.3) is 5.91 Å². The Balaban J connectivity index is 0.00000174. The molecule has 352 valence electrons. The van der Waals surface area contributed by atoms with E-state index in [9.17, 15) is 29.7 Å². The summed E-state index contributed by atoms with van der Waals surface area (Å²) in [7, 11) is 3.15. The largest absolute Gasteiger partial charge is 0.507 e. The Kier molecular flexibility index (Phi) is 19.8. The summed E-state index contributed by atoms with van der Waals surface area (Å²) in [6, 6.07) is 0.647. The fourth-order valence-corrected chi connectivity index (χ4v) is 9.78. The second kappa shape index (κ2) is 23.8. The van der Waals surface area contributed by atoms with Crippen LogP contribution >= 0.6 is 0 Å². The lowest BCUT2D eigenvalue weighted by Crippen LogP contribution is -2.40. The first-order valence-electron chi connectivity index (χ1n) is 22.8. The second-order valence-corrected chi connectivity index (χ2v) is 17.4. The first-order chi connectivity index (χ1) is 30.5. The number of terminal acetylenes is 1. The van der Waals surface area contributed by atoms with Crippen molar-refractivity contribution in [2.24, 2.45) is 33.7 Å². The molecule has 9 atom stereocenters. The minimum atomic E-state index is -0.894. The van der Waals surface area contributed by atoms with Gasteiger partial charge in [-0.2, -0.15) is 0 Å². The fourth-order valence-electron chi connectivity index (χ4n) is 9.78. The number of benzene rings is 2. The molecule has 1 amide bonds. The molecular weight excluding hydrogens is 813 g/mol. The van der Waals surface area contributed by atoms with Crippen LogP contribution in [0.15, 0.2) is 45.9 Å². The van der Waals surface area contributed by atoms with Crippen molar-refractivity contribution in [2.75, 3.05) is 26.1 Å². The van der Waals surface area contributed by atoms with Crippen LogP contribution in [0.25, 0.3) is 10.8 Å². The van der Waals surface area contributed by atoms with Crippen molar-refractivity contribution in [3.05, 3.63) is 57.8 Å². The number of ketones is 1. The highest BCUT2D eigenvalue weighted by atomic mass is 16.5. The monoisotopic (exact) mass is 887 g/mol. The molecule has 0 unspecified atom stereocenters. The molecule has 64 heavy (non-hydrogen) atoms. The third kappa shape index (κ3) is 11.4. The lowest BCUT2D eigenvalue weighted by molar-refractivity contribution is -0.156. The normalized spacial score (nSPS) is 30.2. The standard InChI is InChI=1S/C46H62N4O8.C2H6.C2H2.CH4O/c1-10-57-44-29(7)41(54)36-35-34(44)33(52)17-12-11-15-25(3)43(58-30(8)51)28(6)40(53)27(5)22-24(2)14-13-16-26(4)45(56)47-39(42(36)55)38-37(35)48-46(49-38)21-20-31-18-19-32(23-46)50(31)9;3*1-2/h11-14,16,24-25,27-28,31-32,40,43,53-55H,10,15,17-23H2,1-9H3,(H,47,56);1-2H3;1-2H;2H,1H3/b12-11+,14-13+,26-16-;;;/t24-,25+,27+,28+,31+,32-,40+,43+,46+;;;/m0.../s1. The van der Waals surface area contributed by atoms with Gasteiger partial charge in [-0.15, -0.1) is 12.8 Å². The number of allylic oxidation sites excluding steroid dienone is 5. The van der Waals surface area contributed by atoms with Gasteiger partial charge in [0.2, 0.25) is 0 Å². The number of nitrogens with zero attached hydrogens (tertiary/aromatic N) is 3. The Morgan fingerprint density at radius 1 is 0.953 bits per heavy atom. The molecule has 2 fully saturated rings. The highest BCUT2D eigenvalue weighted by Crippen LogP contribution is 2.47. The van der Waals surface area contributed by atoms with E-state index in [0.717, 1.165) is 26.4 Å². The smallest absolute Gasteiger partial charge is 0.302 e. The quantitative estimate of drug-likeness (QED) is 0.0887. The molecule has 13 nitrogen and oxygen atoms in total. The molecule has 5 N–H and O–H groups in total. The molecule has 2 saturated heterocycles. The van der Waals surface area contributed by atoms with Gasteiger partial charge in [0, 0.05) is 61.4 Å². The van der Waals surface area contributed by atoms with Gasteiger partial charge < -0.3 is 40.1 Å². The summed E-state index contributed by atoms with van der Waals surface area (Å²) in [5, 5.41) is 46.3. The first kappa shape index (κ1) is 53.3. The number of hydrogen-bond donors (Lipinski definition) is 5. The van der Waals surface area contributed by atoms with Gasteiger partial charge >= 0.3 is 5.97 Å². The fraction of sp³-hybridized carbons (Fsp3) is 0.588. The van der Waals surface area contributed by atoms with E-state index < -0.39 is 35.5 Å². The number of phenols is 2. The van der Waals surface area contributed by atoms with E-state index in [1.54, 1.807) is 32.9 Å². The van der Waals surface area contributed by atoms with Gasteiger partial charge in [-0.3, -0.25) is 24.4 Å². The van der Waals surface area contributed by atoms with Crippen LogP contribution < -0.4 is 20.8 Å². The van der Waals surface area contributed by atoms with Gasteiger partial charge in [0.05, 0.1) is 29.0 Å². The lowest BCUT2D eigenvalue weighted by Gasteiger charge is -2.34. The molecule has 4 bridgehead atoms. The number of rotatable bonds is 3. The summed E-state index contributed by atoms with van der Waals surface area (Å²) in [6.07, 6.45) is 21.2. The Hall–Kier alpha value is -5.03. The van der Waals surface area contributed by atoms with Crippen LogP contribution in [-0.4, -0.2) is 93.7 Å². The van der Waals surface area contributed by atoms with E-state index in [-0.39, 0.29) is 93.0 Å². The number of carbonyl (C=O) groups is 3. The maximum Gasteiger partial charge on any atom is 0.302 e. The number of ether oxygens (including phenoxy) is 2. The van der Waals surface area contributed by atoms with Gasteiger partial charge in [-0.1, -0.05) is 71.9 Å². The van der Waals surface area contributed by atoms with Crippen molar-refractivity contribution in [1.29, 1.82) is 0 Å². The van der Waals surface area contributed by atoms with E-state index in [2.05, 4.69) is 30.1 Å². The van der Waals surface area contributed by atoms with E-state index >= 15 is 0 Å². The van der Waals surface area contributed by atoms with Crippen molar-refractivity contribution in [3.8, 4) is 30.1 Å². The van der Waals surface area contributed by atoms with Crippen molar-refractivity contribution in [2.45, 2.75) is 151 Å². The van der Waals surface area contributed by atoms with Crippen LogP contribution in [0.2, 0.25) is 0 Å². The van der Waals surface area contributed by atoms with Gasteiger partial charge in [-0.25, -0.2) is 0 Å². The van der Waals surface area contributed by atoms with Crippen LogP contribution in [-0.2, 0) is 14.3 Å². The van der Waals surface area contributed by atoms with Crippen molar-refractivity contribution in [3.63, 3.8) is 0 Å². The maximum absolute atomic E-state index is 14.6. The van der Waals surface area contributed by atoms with Crippen LogP contribution in [0.3, 0.4) is 0 Å². The number of hydrogen-bond acceptors (Lipinski definition) is 12. The lowest BCUT2D eigenvalue weighted by atomic mass is 9.80. The molecule has 2 aromatic carbocycles. The summed E-state index contributed by atoms with van der Waals surface area (Å²) >= 11 is 0. The predicted octanol–water partition coefficient (Wildman–Crippen LogP) is 7.64. The van der Waals surface area contributed by atoms with Crippen molar-refractivity contribution in [1.82, 2.24) is 4.90 Å². The highest BCUT2D eigenvalue weighted by molar-refractivity contribution is 6.16. The van der Waals surface area contributed by atoms with Crippen LogP contribution in [0, 0.1) is 43.4 Å². The Bertz CT molecular complexity index is 2230. The number of anilines is 1. The molecule has 0 aliphatic carbocycles. The SMILES string of the molecule is C#C.CC.CCOc1c(C)c(O)c2c(O)c3c4c(c2c1C(=O)C/C=C/C[C@@H](C)[C@@H](OC(C)=O)[C@H](C)[C@H](O)[C@H](C)C[C@@H](C)/C=C/C=C(/C)C(=O)N3)=N[C@]1(CC[C@H]2CC[C@@H](C1)N2C)N=4.CO. The summed E-state index contributed by atoms with van der Waals surface area (Å²) in [4.78, 5) is 53.9. The minimum absolute atomic E-state index is 0.00107. The van der Waals surface area contributed by atoms with Crippen LogP contribution in [0.5, 0.6) is 17.2 Å². The van der Waals surface area contributed by atoms with E-state index in [1.165, 1.54) is 6.92 Å². The molecule has 0 radical (unpaired) electrons. The Morgan fingerprint density at radius 2 is 1.59 bits per heavy atom. The molecule has 2 aromatic rings. The summed E-state index contributed by atoms with van der Waals surface area (Å²) in [5.74, 6) is -2.32. The summed E-state index contributed by atoms with van der Waals surface area (Å²) < 4.78 is 11.9. The zero-order valence-electron chi connectivity index (χ0n) is 40.2. The van der Waals surface area contributed by atoms with E-state index in [4.69, 9.17) is 24.6 Å². The van der Waals surface area contributed by atoms with Gasteiger partial charge in [0.15, 0.2) is 17.2 Å². The number of aliphatic hydroxyl groups excluding tert-OH is 2. The molecule has 4 aliphatic rings. The van der Waals surface area contributed by atoms with E-state index in [1.807, 2.05) is 59.8 Å². The molecule has 4 aliphatic heterocycles. The topological polar surface area (TPSA) is 191 Å². The van der Waals surface area contributed by atoms with Crippen molar-refractivity contribution >= 4 is 34.1 Å². The molecule has 1 spiro atoms. The molecule has 4 heterocycles. The second-order valence-electron chi connectivity index (χ2n) is 17.4. The third-order valence-corrected chi connectivity index (χ3v) is 13.1. The summed E-state index contributed by atoms with van der Waals surface area (Å²) in [5.41, 5.74) is -0.0518. The number of nitrogens with one attached hydrogen (secondary N) is 1. The summed E-state index contributed by atoms with van der Waals surface area (Å²) in [6.45, 7) is 18.6. The zero-order chi connectivity index (χ0) is 48.2. The van der Waals surface area contributed by atoms with Crippen LogP contribution in [0.1, 0.15) is 130 Å². The minimum Gasteiger partial charge on any atom is -0.507 e. The maximum atomic E-state index is 14.6. The molecule has 13 heteroatoms. The number of Topliss-reactive ketones (excluding diaryl/α,β-unsaturated/α-hetero) is 1. The number of amides is 1. The number of fused-ring (bicyclic) bond motifs is 2. The number of aliphatic hydroxyl groups is 2. The number of phenolic OH excluding ortho intramolecular Hbond substituents is 2. The van der Waals surface area contributed by atoms with Crippen LogP contribution in [0.4, 0.5) is 5.69 Å². The van der Waals surface area contributed by atoms with Gasteiger partial charge in [0.1, 0.15) is 28.6 Å².